The molecule has 0 aliphatic rings. The smallest absolute Gasteiger partial charge is 0.329 e. The lowest BCUT2D eigenvalue weighted by Gasteiger charge is -2.20. The number of fused-ring (bicyclic) bond motifs is 1. The number of nitrogens with one attached hydrogen (secondary N) is 2. The van der Waals surface area contributed by atoms with E-state index in [4.69, 9.17) is 5.11 Å². The molecule has 0 saturated carbocycles. The highest BCUT2D eigenvalue weighted by atomic mass is 16.3. The minimum atomic E-state index is -0.417. The van der Waals surface area contributed by atoms with Gasteiger partial charge in [0.25, 0.3) is 0 Å². The highest BCUT2D eigenvalue weighted by Gasteiger charge is 2.20. The average Bonchev–Trinajstić information content (AvgIpc) is 3.02. The van der Waals surface area contributed by atoms with Gasteiger partial charge in [0, 0.05) is 12.7 Å². The second kappa shape index (κ2) is 6.19. The van der Waals surface area contributed by atoms with Crippen molar-refractivity contribution in [2.24, 2.45) is 0 Å². The summed E-state index contributed by atoms with van der Waals surface area (Å²) in [5.41, 5.74) is 1.16. The number of amides is 2. The Bertz CT molecular complexity index is 773. The van der Waals surface area contributed by atoms with Gasteiger partial charge in [-0.15, -0.1) is 0 Å². The van der Waals surface area contributed by atoms with Gasteiger partial charge in [0.15, 0.2) is 5.65 Å². The number of urea groups is 1. The second-order valence-corrected chi connectivity index (χ2v) is 4.47. The molecule has 0 bridgehead atoms. The minimum Gasteiger partial charge on any atom is -0.395 e. The van der Waals surface area contributed by atoms with Crippen LogP contribution in [0.4, 0.5) is 16.4 Å². The van der Waals surface area contributed by atoms with Crippen molar-refractivity contribution in [1.82, 2.24) is 25.5 Å². The summed E-state index contributed by atoms with van der Waals surface area (Å²) in [7, 11) is 0. The van der Waals surface area contributed by atoms with Crippen molar-refractivity contribution in [3.8, 4) is 0 Å². The first kappa shape index (κ1) is 14.0. The zero-order chi connectivity index (χ0) is 15.4. The van der Waals surface area contributed by atoms with Gasteiger partial charge in [-0.1, -0.05) is 18.2 Å². The highest BCUT2D eigenvalue weighted by molar-refractivity contribution is 5.98. The molecule has 0 saturated heterocycles. The molecule has 0 spiro atoms. The Kier molecular flexibility index (Phi) is 3.92. The van der Waals surface area contributed by atoms with Crippen LogP contribution in [0.2, 0.25) is 0 Å². The van der Waals surface area contributed by atoms with E-state index < -0.39 is 6.03 Å². The number of nitrogens with zero attached hydrogens (tertiary/aromatic N) is 4. The number of aromatic amines is 1. The van der Waals surface area contributed by atoms with Gasteiger partial charge in [0.2, 0.25) is 5.95 Å². The molecule has 0 fully saturated rings. The molecule has 1 aromatic carbocycles. The van der Waals surface area contributed by atoms with Gasteiger partial charge < -0.3 is 10.4 Å². The predicted octanol–water partition coefficient (Wildman–Crippen LogP) is 1.19. The van der Waals surface area contributed by atoms with Gasteiger partial charge in [-0.2, -0.15) is 10.1 Å². The largest absolute Gasteiger partial charge is 0.395 e. The summed E-state index contributed by atoms with van der Waals surface area (Å²) >= 11 is 0. The predicted molar refractivity (Wildman–Crippen MR) is 80.7 cm³/mol. The summed E-state index contributed by atoms with van der Waals surface area (Å²) < 4.78 is 0. The molecule has 0 radical (unpaired) electrons. The minimum absolute atomic E-state index is 0.144. The van der Waals surface area contributed by atoms with Crippen LogP contribution >= 0.6 is 0 Å². The summed E-state index contributed by atoms with van der Waals surface area (Å²) in [5.74, 6) is 0.221. The fourth-order valence-electron chi connectivity index (χ4n) is 1.98. The lowest BCUT2D eigenvalue weighted by molar-refractivity contribution is 0.241. The topological polar surface area (TPSA) is 107 Å². The van der Waals surface area contributed by atoms with Crippen LogP contribution in [0, 0.1) is 0 Å². The highest BCUT2D eigenvalue weighted by Crippen LogP contribution is 2.22. The molecule has 8 nitrogen and oxygen atoms in total. The molecule has 0 aliphatic carbocycles. The van der Waals surface area contributed by atoms with Crippen molar-refractivity contribution in [3.05, 3.63) is 42.7 Å². The summed E-state index contributed by atoms with van der Waals surface area (Å²) in [6.07, 6.45) is 3.20. The second-order valence-electron chi connectivity index (χ2n) is 4.47. The van der Waals surface area contributed by atoms with E-state index in [0.29, 0.717) is 11.3 Å². The molecule has 0 atom stereocenters. The third-order valence-corrected chi connectivity index (χ3v) is 2.98. The van der Waals surface area contributed by atoms with Gasteiger partial charge in [-0.25, -0.2) is 14.7 Å². The molecule has 3 aromatic rings. The number of aliphatic hydroxyl groups excluding tert-OH is 1. The summed E-state index contributed by atoms with van der Waals surface area (Å²) in [4.78, 5) is 22.2. The molecule has 112 valence electrons. The first-order valence-electron chi connectivity index (χ1n) is 6.69. The zero-order valence-electron chi connectivity index (χ0n) is 11.6. The molecule has 0 aliphatic heterocycles. The van der Waals surface area contributed by atoms with E-state index in [1.54, 1.807) is 24.5 Å². The number of hydrogen-bond donors (Lipinski definition) is 3. The number of carbonyl (C=O) groups is 1. The maximum Gasteiger partial charge on any atom is 0.329 e. The molecule has 3 N–H and O–H groups in total. The van der Waals surface area contributed by atoms with E-state index in [1.807, 2.05) is 18.2 Å². The van der Waals surface area contributed by atoms with E-state index in [9.17, 15) is 4.79 Å². The summed E-state index contributed by atoms with van der Waals surface area (Å²) in [6, 6.07) is 8.62. The van der Waals surface area contributed by atoms with Crippen LogP contribution in [0.5, 0.6) is 0 Å². The lowest BCUT2D eigenvalue weighted by atomic mass is 10.3. The van der Waals surface area contributed by atoms with E-state index in [0.717, 1.165) is 5.39 Å². The average molecular weight is 298 g/mol. The molecule has 2 amide bonds. The lowest BCUT2D eigenvalue weighted by Crippen LogP contribution is -2.39. The van der Waals surface area contributed by atoms with Crippen molar-refractivity contribution in [1.29, 1.82) is 0 Å². The number of H-pyrrole nitrogens is 1. The Hall–Kier alpha value is -3.00. The van der Waals surface area contributed by atoms with E-state index >= 15 is 0 Å². The zero-order valence-corrected chi connectivity index (χ0v) is 11.6. The molecular formula is C14H14N6O2. The first-order chi connectivity index (χ1) is 10.8. The van der Waals surface area contributed by atoms with Gasteiger partial charge >= 0.3 is 6.03 Å². The quantitative estimate of drug-likeness (QED) is 0.670. The molecule has 0 unspecified atom stereocenters. The normalized spacial score (nSPS) is 10.6. The fourth-order valence-corrected chi connectivity index (χ4v) is 1.98. The van der Waals surface area contributed by atoms with Crippen molar-refractivity contribution < 1.29 is 9.90 Å². The van der Waals surface area contributed by atoms with Crippen molar-refractivity contribution in [3.63, 3.8) is 0 Å². The summed E-state index contributed by atoms with van der Waals surface area (Å²) in [6.45, 7) is 0.00325. The molecular weight excluding hydrogens is 284 g/mol. The number of anilines is 2. The van der Waals surface area contributed by atoms with Crippen LogP contribution < -0.4 is 10.2 Å². The van der Waals surface area contributed by atoms with E-state index in [-0.39, 0.29) is 19.1 Å². The van der Waals surface area contributed by atoms with Crippen LogP contribution in [0.15, 0.2) is 42.7 Å². The standard InChI is InChI=1S/C14H14N6O2/c21-7-6-15-14(22)20(11-4-2-1-3-5-11)13-16-8-10-9-17-19-12(10)18-13/h1-5,8-9,21H,6-7H2,(H,15,22)(H,16,17,18,19). The third kappa shape index (κ3) is 2.72. The van der Waals surface area contributed by atoms with Crippen LogP contribution in [0.25, 0.3) is 11.0 Å². The summed E-state index contributed by atoms with van der Waals surface area (Å²) in [5, 5.41) is 18.9. The number of rotatable bonds is 4. The fraction of sp³-hybridized carbons (Fsp3) is 0.143. The maximum atomic E-state index is 12.4. The monoisotopic (exact) mass is 298 g/mol. The maximum absolute atomic E-state index is 12.4. The van der Waals surface area contributed by atoms with Crippen LogP contribution in [-0.2, 0) is 0 Å². The first-order valence-corrected chi connectivity index (χ1v) is 6.69. The molecule has 2 heterocycles. The van der Waals surface area contributed by atoms with Gasteiger partial charge in [-0.3, -0.25) is 5.10 Å². The Morgan fingerprint density at radius 2 is 2.09 bits per heavy atom. The number of aromatic nitrogens is 4. The van der Waals surface area contributed by atoms with Crippen molar-refractivity contribution in [2.45, 2.75) is 0 Å². The number of carbonyl (C=O) groups excluding carboxylic acids is 1. The Morgan fingerprint density at radius 3 is 2.86 bits per heavy atom. The van der Waals surface area contributed by atoms with Crippen LogP contribution in [0.1, 0.15) is 0 Å². The number of hydrogen-bond acceptors (Lipinski definition) is 5. The van der Waals surface area contributed by atoms with Crippen LogP contribution in [0.3, 0.4) is 0 Å². The number of benzene rings is 1. The van der Waals surface area contributed by atoms with Crippen molar-refractivity contribution in [2.75, 3.05) is 18.1 Å². The SMILES string of the molecule is O=C(NCCO)N(c1ccccc1)c1ncc2cn[nH]c2n1. The van der Waals surface area contributed by atoms with Gasteiger partial charge in [-0.05, 0) is 12.1 Å². The van der Waals surface area contributed by atoms with Gasteiger partial charge in [0.1, 0.15) is 0 Å². The Morgan fingerprint density at radius 1 is 1.27 bits per heavy atom. The van der Waals surface area contributed by atoms with E-state index in [2.05, 4.69) is 25.5 Å². The third-order valence-electron chi connectivity index (χ3n) is 2.98. The van der Waals surface area contributed by atoms with Crippen molar-refractivity contribution >= 4 is 28.7 Å². The molecule has 2 aromatic heterocycles. The Labute approximate surface area is 125 Å². The number of para-hydroxylation sites is 1. The molecule has 22 heavy (non-hydrogen) atoms. The Balaban J connectivity index is 2.01. The van der Waals surface area contributed by atoms with Crippen LogP contribution in [-0.4, -0.2) is 44.5 Å². The van der Waals surface area contributed by atoms with E-state index in [1.165, 1.54) is 4.90 Å². The molecule has 8 heteroatoms. The molecule has 3 rings (SSSR count). The van der Waals surface area contributed by atoms with Gasteiger partial charge in [0.05, 0.1) is 23.9 Å². The number of aliphatic hydroxyl groups is 1.